The van der Waals surface area contributed by atoms with E-state index < -0.39 is 0 Å². The smallest absolute Gasteiger partial charge is 0.257 e. The summed E-state index contributed by atoms with van der Waals surface area (Å²) in [4.78, 5) is 24.9. The van der Waals surface area contributed by atoms with Crippen molar-refractivity contribution in [1.29, 1.82) is 0 Å². The first kappa shape index (κ1) is 20.6. The number of carbonyl (C=O) groups excluding carboxylic acids is 2. The Labute approximate surface area is 183 Å². The highest BCUT2D eigenvalue weighted by molar-refractivity contribution is 7.99. The predicted octanol–water partition coefficient (Wildman–Crippen LogP) is 4.33. The Morgan fingerprint density at radius 1 is 0.903 bits per heavy atom. The molecule has 0 unspecified atom stereocenters. The Bertz CT molecular complexity index is 1250. The van der Waals surface area contributed by atoms with Crippen molar-refractivity contribution in [3.8, 4) is 0 Å². The third kappa shape index (κ3) is 5.10. The summed E-state index contributed by atoms with van der Waals surface area (Å²) in [5, 5.41) is 14.6. The maximum absolute atomic E-state index is 12.7. The summed E-state index contributed by atoms with van der Waals surface area (Å²) >= 11 is 1.26. The van der Waals surface area contributed by atoms with Crippen LogP contribution in [0.5, 0.6) is 0 Å². The third-order valence-corrected chi connectivity index (χ3v) is 5.52. The van der Waals surface area contributed by atoms with E-state index in [9.17, 15) is 9.59 Å². The number of anilines is 2. The summed E-state index contributed by atoms with van der Waals surface area (Å²) in [6, 6.07) is 18.7. The lowest BCUT2D eigenvalue weighted by Crippen LogP contribution is -2.14. The van der Waals surface area contributed by atoms with Gasteiger partial charge in [-0.25, -0.2) is 0 Å². The van der Waals surface area contributed by atoms with Gasteiger partial charge in [0, 0.05) is 17.6 Å². The summed E-state index contributed by atoms with van der Waals surface area (Å²) in [5.74, 6) is -0.192. The zero-order valence-corrected chi connectivity index (χ0v) is 17.9. The summed E-state index contributed by atoms with van der Waals surface area (Å²) in [7, 11) is 0. The average molecular weight is 432 g/mol. The van der Waals surface area contributed by atoms with Gasteiger partial charge in [-0.15, -0.1) is 10.2 Å². The molecule has 2 aromatic heterocycles. The van der Waals surface area contributed by atoms with Crippen LogP contribution in [0.3, 0.4) is 0 Å². The van der Waals surface area contributed by atoms with Gasteiger partial charge in [0.2, 0.25) is 5.91 Å². The molecule has 2 heterocycles. The van der Waals surface area contributed by atoms with Crippen LogP contribution in [0.25, 0.3) is 5.65 Å². The van der Waals surface area contributed by atoms with Crippen molar-refractivity contribution in [2.24, 2.45) is 0 Å². The number of benzene rings is 2. The molecule has 0 aliphatic carbocycles. The fourth-order valence-corrected chi connectivity index (χ4v) is 3.71. The Kier molecular flexibility index (Phi) is 5.99. The van der Waals surface area contributed by atoms with Crippen LogP contribution in [0.4, 0.5) is 11.4 Å². The van der Waals surface area contributed by atoms with Gasteiger partial charge in [0.1, 0.15) is 0 Å². The molecule has 0 saturated heterocycles. The van der Waals surface area contributed by atoms with Gasteiger partial charge in [0.15, 0.2) is 10.8 Å². The lowest BCUT2D eigenvalue weighted by atomic mass is 10.2. The summed E-state index contributed by atoms with van der Waals surface area (Å²) in [5.41, 5.74) is 4.75. The molecule has 156 valence electrons. The van der Waals surface area contributed by atoms with Crippen LogP contribution in [-0.4, -0.2) is 32.2 Å². The highest BCUT2D eigenvalue weighted by atomic mass is 32.2. The van der Waals surface area contributed by atoms with Gasteiger partial charge in [0.25, 0.3) is 5.91 Å². The molecular formula is C23H21N5O2S. The highest BCUT2D eigenvalue weighted by Crippen LogP contribution is 2.19. The van der Waals surface area contributed by atoms with Crippen molar-refractivity contribution >= 4 is 40.6 Å². The predicted molar refractivity (Wildman–Crippen MR) is 123 cm³/mol. The Hall–Kier alpha value is -3.65. The van der Waals surface area contributed by atoms with Gasteiger partial charge in [-0.2, -0.15) is 0 Å². The van der Waals surface area contributed by atoms with E-state index in [1.165, 1.54) is 11.8 Å². The molecule has 0 bridgehead atoms. The molecule has 4 aromatic rings. The number of hydrogen-bond donors (Lipinski definition) is 2. The van der Waals surface area contributed by atoms with Gasteiger partial charge < -0.3 is 10.6 Å². The maximum Gasteiger partial charge on any atom is 0.257 e. The van der Waals surface area contributed by atoms with Crippen molar-refractivity contribution in [2.45, 2.75) is 19.0 Å². The average Bonchev–Trinajstić information content (AvgIpc) is 3.16. The van der Waals surface area contributed by atoms with Crippen LogP contribution in [0, 0.1) is 13.8 Å². The molecule has 2 aromatic carbocycles. The second kappa shape index (κ2) is 9.01. The van der Waals surface area contributed by atoms with Gasteiger partial charge in [-0.1, -0.05) is 41.6 Å². The quantitative estimate of drug-likeness (QED) is 0.444. The molecule has 4 rings (SSSR count). The van der Waals surface area contributed by atoms with E-state index in [0.29, 0.717) is 16.4 Å². The number of hydrogen-bond acceptors (Lipinski definition) is 5. The molecule has 0 aliphatic rings. The molecule has 2 N–H and O–H groups in total. The van der Waals surface area contributed by atoms with E-state index >= 15 is 0 Å². The van der Waals surface area contributed by atoms with E-state index in [1.807, 2.05) is 62.4 Å². The first-order chi connectivity index (χ1) is 15.0. The zero-order chi connectivity index (χ0) is 21.8. The minimum Gasteiger partial charge on any atom is -0.325 e. The number of thioether (sulfide) groups is 1. The largest absolute Gasteiger partial charge is 0.325 e. The minimum absolute atomic E-state index is 0.140. The second-order valence-corrected chi connectivity index (χ2v) is 8.10. The summed E-state index contributed by atoms with van der Waals surface area (Å²) < 4.78 is 1.72. The number of fused-ring (bicyclic) bond motifs is 1. The topological polar surface area (TPSA) is 88.4 Å². The monoisotopic (exact) mass is 431 g/mol. The van der Waals surface area contributed by atoms with Crippen molar-refractivity contribution in [3.05, 3.63) is 83.6 Å². The van der Waals surface area contributed by atoms with E-state index in [4.69, 9.17) is 0 Å². The summed E-state index contributed by atoms with van der Waals surface area (Å²) in [6.07, 6.45) is 1.68. The fraction of sp³-hybridized carbons (Fsp3) is 0.130. The number of carbonyl (C=O) groups is 2. The normalized spacial score (nSPS) is 10.8. The van der Waals surface area contributed by atoms with E-state index in [0.717, 1.165) is 22.5 Å². The minimum atomic E-state index is -0.228. The molecule has 0 fully saturated rings. The molecule has 8 heteroatoms. The van der Waals surface area contributed by atoms with Gasteiger partial charge in [-0.05, 0) is 55.8 Å². The molecule has 2 amide bonds. The molecular weight excluding hydrogens is 410 g/mol. The molecule has 0 aliphatic heterocycles. The number of nitrogens with zero attached hydrogens (tertiary/aromatic N) is 3. The van der Waals surface area contributed by atoms with E-state index in [1.54, 1.807) is 22.7 Å². The van der Waals surface area contributed by atoms with Crippen molar-refractivity contribution < 1.29 is 9.59 Å². The molecule has 0 radical (unpaired) electrons. The molecule has 31 heavy (non-hydrogen) atoms. The van der Waals surface area contributed by atoms with Gasteiger partial charge in [-0.3, -0.25) is 14.0 Å². The maximum atomic E-state index is 12.7. The van der Waals surface area contributed by atoms with Gasteiger partial charge >= 0.3 is 0 Å². The Morgan fingerprint density at radius 3 is 2.48 bits per heavy atom. The van der Waals surface area contributed by atoms with Crippen LogP contribution in [0.1, 0.15) is 21.5 Å². The van der Waals surface area contributed by atoms with Crippen LogP contribution < -0.4 is 10.6 Å². The van der Waals surface area contributed by atoms with Crippen LogP contribution >= 0.6 is 11.8 Å². The third-order valence-electron chi connectivity index (χ3n) is 4.58. The first-order valence-electron chi connectivity index (χ1n) is 9.70. The van der Waals surface area contributed by atoms with Crippen molar-refractivity contribution in [2.75, 3.05) is 16.4 Å². The van der Waals surface area contributed by atoms with Crippen LogP contribution in [-0.2, 0) is 4.79 Å². The van der Waals surface area contributed by atoms with E-state index in [-0.39, 0.29) is 17.6 Å². The lowest BCUT2D eigenvalue weighted by molar-refractivity contribution is -0.113. The zero-order valence-electron chi connectivity index (χ0n) is 17.1. The molecule has 0 spiro atoms. The Morgan fingerprint density at radius 2 is 1.71 bits per heavy atom. The first-order valence-corrected chi connectivity index (χ1v) is 10.7. The molecule has 0 saturated carbocycles. The number of aromatic nitrogens is 3. The standard InChI is InChI=1S/C23H21N5O2S/c1-15-6-9-18(10-7-15)24-21(29)14-31-23-27-26-20-11-8-17(13-28(20)23)22(30)25-19-5-3-4-16(2)12-19/h3-13H,14H2,1-2H3,(H,24,29)(H,25,30). The number of amides is 2. The van der Waals surface area contributed by atoms with Crippen molar-refractivity contribution in [3.63, 3.8) is 0 Å². The SMILES string of the molecule is Cc1ccc(NC(=O)CSc2nnc3ccc(C(=O)Nc4cccc(C)c4)cn23)cc1. The highest BCUT2D eigenvalue weighted by Gasteiger charge is 2.13. The van der Waals surface area contributed by atoms with Crippen molar-refractivity contribution in [1.82, 2.24) is 14.6 Å². The lowest BCUT2D eigenvalue weighted by Gasteiger charge is -2.07. The Balaban J connectivity index is 1.44. The van der Waals surface area contributed by atoms with Crippen LogP contribution in [0.2, 0.25) is 0 Å². The number of aryl methyl sites for hydroxylation is 2. The number of pyridine rings is 1. The van der Waals surface area contributed by atoms with Gasteiger partial charge in [0.05, 0.1) is 11.3 Å². The number of rotatable bonds is 6. The number of nitrogens with one attached hydrogen (secondary N) is 2. The molecule has 0 atom stereocenters. The molecule has 7 nitrogen and oxygen atoms in total. The summed E-state index contributed by atoms with van der Waals surface area (Å²) in [6.45, 7) is 3.96. The van der Waals surface area contributed by atoms with E-state index in [2.05, 4.69) is 20.8 Å². The fourth-order valence-electron chi connectivity index (χ4n) is 2.99. The second-order valence-electron chi connectivity index (χ2n) is 7.16. The van der Waals surface area contributed by atoms with Crippen LogP contribution in [0.15, 0.2) is 72.0 Å².